The molecule has 13 heavy (non-hydrogen) atoms. The van der Waals surface area contributed by atoms with Gasteiger partial charge >= 0.3 is 0 Å². The van der Waals surface area contributed by atoms with Gasteiger partial charge in [0.25, 0.3) is 0 Å². The molecule has 1 saturated heterocycles. The molecule has 0 amide bonds. The van der Waals surface area contributed by atoms with Crippen molar-refractivity contribution in [1.82, 2.24) is 5.32 Å². The van der Waals surface area contributed by atoms with Crippen LogP contribution >= 0.6 is 0 Å². The van der Waals surface area contributed by atoms with E-state index in [1.54, 1.807) is 6.08 Å². The molecule has 72 valence electrons. The second kappa shape index (κ2) is 3.50. The van der Waals surface area contributed by atoms with Crippen LogP contribution in [0.4, 0.5) is 4.39 Å². The maximum atomic E-state index is 13.5. The first-order chi connectivity index (χ1) is 6.27. The molecule has 2 aliphatic rings. The molecule has 1 aliphatic heterocycles. The quantitative estimate of drug-likeness (QED) is 0.637. The van der Waals surface area contributed by atoms with Gasteiger partial charge in [-0.3, -0.25) is 0 Å². The molecule has 0 aromatic heterocycles. The van der Waals surface area contributed by atoms with E-state index in [9.17, 15) is 4.39 Å². The number of nitrogens with two attached hydrogens (primary N) is 1. The molecular formula is C10H15FN2. The molecule has 2 nitrogen and oxygen atoms in total. The molecule has 1 aliphatic carbocycles. The van der Waals surface area contributed by atoms with E-state index in [0.717, 1.165) is 19.4 Å². The molecule has 2 unspecified atom stereocenters. The van der Waals surface area contributed by atoms with Crippen LogP contribution < -0.4 is 11.1 Å². The average molecular weight is 182 g/mol. The van der Waals surface area contributed by atoms with Gasteiger partial charge < -0.3 is 11.1 Å². The maximum absolute atomic E-state index is 13.5. The van der Waals surface area contributed by atoms with E-state index in [-0.39, 0.29) is 5.92 Å². The maximum Gasteiger partial charge on any atom is 0.128 e. The first-order valence-electron chi connectivity index (χ1n) is 4.80. The van der Waals surface area contributed by atoms with Crippen LogP contribution in [0.15, 0.2) is 23.9 Å². The van der Waals surface area contributed by atoms with Gasteiger partial charge in [-0.15, -0.1) is 0 Å². The Labute approximate surface area is 77.7 Å². The lowest BCUT2D eigenvalue weighted by Crippen LogP contribution is -2.35. The number of allylic oxidation sites excluding steroid dienone is 2. The third-order valence-electron chi connectivity index (χ3n) is 2.79. The SMILES string of the molecule is NC1=CC(F)C([C@H]2CCCN2)C=C1. The molecule has 0 aromatic rings. The van der Waals surface area contributed by atoms with Crippen LogP contribution in [0, 0.1) is 5.92 Å². The second-order valence-corrected chi connectivity index (χ2v) is 3.75. The van der Waals surface area contributed by atoms with Crippen LogP contribution in [-0.4, -0.2) is 18.8 Å². The van der Waals surface area contributed by atoms with Crippen molar-refractivity contribution < 1.29 is 4.39 Å². The number of alkyl halides is 1. The highest BCUT2D eigenvalue weighted by atomic mass is 19.1. The molecule has 1 heterocycles. The van der Waals surface area contributed by atoms with Crippen LogP contribution in [0.3, 0.4) is 0 Å². The van der Waals surface area contributed by atoms with Crippen molar-refractivity contribution in [2.75, 3.05) is 6.54 Å². The smallest absolute Gasteiger partial charge is 0.128 e. The second-order valence-electron chi connectivity index (χ2n) is 3.75. The molecule has 1 fully saturated rings. The molecule has 0 saturated carbocycles. The average Bonchev–Trinajstić information content (AvgIpc) is 2.56. The van der Waals surface area contributed by atoms with E-state index < -0.39 is 6.17 Å². The predicted octanol–water partition coefficient (Wildman–Crippen LogP) is 1.11. The van der Waals surface area contributed by atoms with Crippen molar-refractivity contribution in [3.05, 3.63) is 23.9 Å². The van der Waals surface area contributed by atoms with Crippen LogP contribution in [0.2, 0.25) is 0 Å². The zero-order valence-electron chi connectivity index (χ0n) is 7.54. The Hall–Kier alpha value is -0.830. The Balaban J connectivity index is 2.04. The normalized spacial score (nSPS) is 39.2. The summed E-state index contributed by atoms with van der Waals surface area (Å²) < 4.78 is 13.5. The Morgan fingerprint density at radius 3 is 3.00 bits per heavy atom. The van der Waals surface area contributed by atoms with Gasteiger partial charge in [-0.2, -0.15) is 0 Å². The lowest BCUT2D eigenvalue weighted by molar-refractivity contribution is 0.271. The molecule has 0 radical (unpaired) electrons. The van der Waals surface area contributed by atoms with Gasteiger partial charge in [-0.1, -0.05) is 6.08 Å². The fraction of sp³-hybridized carbons (Fsp3) is 0.600. The van der Waals surface area contributed by atoms with Crippen molar-refractivity contribution in [3.63, 3.8) is 0 Å². The van der Waals surface area contributed by atoms with Crippen molar-refractivity contribution in [2.45, 2.75) is 25.1 Å². The standard InChI is InChI=1S/C10H15FN2/c11-9-6-7(12)3-4-8(9)10-2-1-5-13-10/h3-4,6,8-10,13H,1-2,5,12H2/t8?,9?,10-/m1/s1. The fourth-order valence-corrected chi connectivity index (χ4v) is 2.07. The molecule has 3 N–H and O–H groups in total. The van der Waals surface area contributed by atoms with E-state index in [0.29, 0.717) is 11.7 Å². The Kier molecular flexibility index (Phi) is 2.36. The fourth-order valence-electron chi connectivity index (χ4n) is 2.07. The van der Waals surface area contributed by atoms with Crippen LogP contribution in [0.25, 0.3) is 0 Å². The van der Waals surface area contributed by atoms with E-state index in [1.165, 1.54) is 6.08 Å². The zero-order valence-corrected chi connectivity index (χ0v) is 7.54. The Bertz CT molecular complexity index is 241. The minimum Gasteiger partial charge on any atom is -0.399 e. The number of hydrogen-bond donors (Lipinski definition) is 2. The lowest BCUT2D eigenvalue weighted by Gasteiger charge is -2.24. The minimum atomic E-state index is -0.916. The highest BCUT2D eigenvalue weighted by molar-refractivity contribution is 5.25. The monoisotopic (exact) mass is 182 g/mol. The Morgan fingerprint density at radius 2 is 2.38 bits per heavy atom. The minimum absolute atomic E-state index is 0.0187. The lowest BCUT2D eigenvalue weighted by atomic mass is 9.89. The molecular weight excluding hydrogens is 167 g/mol. The molecule has 3 atom stereocenters. The molecule has 3 heteroatoms. The molecule has 0 bridgehead atoms. The Morgan fingerprint density at radius 1 is 1.54 bits per heavy atom. The summed E-state index contributed by atoms with van der Waals surface area (Å²) in [7, 11) is 0. The summed E-state index contributed by atoms with van der Waals surface area (Å²) in [6.07, 6.45) is 6.51. The molecule has 2 rings (SSSR count). The summed E-state index contributed by atoms with van der Waals surface area (Å²) in [4.78, 5) is 0. The third kappa shape index (κ3) is 1.75. The number of hydrogen-bond acceptors (Lipinski definition) is 2. The zero-order chi connectivity index (χ0) is 9.26. The number of halogens is 1. The van der Waals surface area contributed by atoms with Gasteiger partial charge in [0.2, 0.25) is 0 Å². The van der Waals surface area contributed by atoms with Gasteiger partial charge in [0.05, 0.1) is 0 Å². The molecule has 0 spiro atoms. The largest absolute Gasteiger partial charge is 0.399 e. The van der Waals surface area contributed by atoms with E-state index in [4.69, 9.17) is 5.73 Å². The van der Waals surface area contributed by atoms with Gasteiger partial charge in [0.15, 0.2) is 0 Å². The summed E-state index contributed by atoms with van der Waals surface area (Å²) in [6, 6.07) is 0.301. The first-order valence-corrected chi connectivity index (χ1v) is 4.80. The summed E-state index contributed by atoms with van der Waals surface area (Å²) in [5.74, 6) is -0.0187. The van der Waals surface area contributed by atoms with E-state index in [2.05, 4.69) is 5.32 Å². The van der Waals surface area contributed by atoms with Gasteiger partial charge in [0.1, 0.15) is 6.17 Å². The van der Waals surface area contributed by atoms with Crippen LogP contribution in [0.5, 0.6) is 0 Å². The number of rotatable bonds is 1. The van der Waals surface area contributed by atoms with Crippen LogP contribution in [-0.2, 0) is 0 Å². The molecule has 0 aromatic carbocycles. The van der Waals surface area contributed by atoms with Crippen molar-refractivity contribution >= 4 is 0 Å². The topological polar surface area (TPSA) is 38.0 Å². The third-order valence-corrected chi connectivity index (χ3v) is 2.79. The predicted molar refractivity (Wildman–Crippen MR) is 50.8 cm³/mol. The first kappa shape index (κ1) is 8.75. The van der Waals surface area contributed by atoms with Crippen molar-refractivity contribution in [2.24, 2.45) is 11.7 Å². The summed E-state index contributed by atoms with van der Waals surface area (Å²) in [5, 5.41) is 3.31. The van der Waals surface area contributed by atoms with Crippen molar-refractivity contribution in [1.29, 1.82) is 0 Å². The van der Waals surface area contributed by atoms with E-state index >= 15 is 0 Å². The van der Waals surface area contributed by atoms with Crippen LogP contribution in [0.1, 0.15) is 12.8 Å². The highest BCUT2D eigenvalue weighted by Crippen LogP contribution is 2.25. The highest BCUT2D eigenvalue weighted by Gasteiger charge is 2.29. The van der Waals surface area contributed by atoms with Gasteiger partial charge in [-0.05, 0) is 31.5 Å². The summed E-state index contributed by atoms with van der Waals surface area (Å²) in [6.45, 7) is 1.01. The van der Waals surface area contributed by atoms with Gasteiger partial charge in [0, 0.05) is 17.7 Å². The van der Waals surface area contributed by atoms with Crippen molar-refractivity contribution in [3.8, 4) is 0 Å². The van der Waals surface area contributed by atoms with Gasteiger partial charge in [-0.25, -0.2) is 4.39 Å². The summed E-state index contributed by atoms with van der Waals surface area (Å²) in [5.41, 5.74) is 6.04. The summed E-state index contributed by atoms with van der Waals surface area (Å²) >= 11 is 0. The van der Waals surface area contributed by atoms with E-state index in [1.807, 2.05) is 6.08 Å². The number of nitrogens with one attached hydrogen (secondary N) is 1.